The van der Waals surface area contributed by atoms with Crippen LogP contribution >= 0.6 is 0 Å². The molecular formula is C21H16FN3O4. The number of oxazole rings is 1. The lowest BCUT2D eigenvalue weighted by atomic mass is 10.1. The van der Waals surface area contributed by atoms with Crippen LogP contribution in [0.25, 0.3) is 22.7 Å². The Hall–Kier alpha value is -3.94. The summed E-state index contributed by atoms with van der Waals surface area (Å²) in [5.41, 5.74) is 1.19. The Morgan fingerprint density at radius 3 is 2.28 bits per heavy atom. The van der Waals surface area contributed by atoms with Crippen molar-refractivity contribution in [3.05, 3.63) is 66.7 Å². The van der Waals surface area contributed by atoms with Crippen molar-refractivity contribution in [2.75, 3.05) is 14.2 Å². The maximum Gasteiger partial charge on any atom is 0.328 e. The minimum absolute atomic E-state index is 0.0557. The van der Waals surface area contributed by atoms with Gasteiger partial charge in [-0.3, -0.25) is 0 Å². The van der Waals surface area contributed by atoms with Crippen molar-refractivity contribution in [3.8, 4) is 46.2 Å². The summed E-state index contributed by atoms with van der Waals surface area (Å²) < 4.78 is 36.2. The highest BCUT2D eigenvalue weighted by molar-refractivity contribution is 5.69. The number of ether oxygens (including phenoxy) is 3. The molecule has 29 heavy (non-hydrogen) atoms. The average Bonchev–Trinajstić information content (AvgIpc) is 3.24. The number of rotatable bonds is 6. The molecule has 0 aliphatic carbocycles. The van der Waals surface area contributed by atoms with Crippen LogP contribution in [0.15, 0.2) is 65.3 Å². The summed E-state index contributed by atoms with van der Waals surface area (Å²) in [5.74, 6) is 0.516. The summed E-state index contributed by atoms with van der Waals surface area (Å²) in [6.07, 6.45) is 1.38. The van der Waals surface area contributed by atoms with E-state index in [0.717, 1.165) is 5.56 Å². The highest BCUT2D eigenvalue weighted by atomic mass is 19.1. The fraction of sp³-hybridized carbons (Fsp3) is 0.0952. The highest BCUT2D eigenvalue weighted by Crippen LogP contribution is 2.36. The van der Waals surface area contributed by atoms with Crippen molar-refractivity contribution in [1.29, 1.82) is 0 Å². The number of nitrogens with zero attached hydrogens (tertiary/aromatic N) is 3. The summed E-state index contributed by atoms with van der Waals surface area (Å²) in [4.78, 5) is 12.6. The molecule has 0 aliphatic rings. The van der Waals surface area contributed by atoms with E-state index < -0.39 is 5.82 Å². The van der Waals surface area contributed by atoms with Crippen LogP contribution in [-0.4, -0.2) is 29.2 Å². The third-order valence-electron chi connectivity index (χ3n) is 4.03. The van der Waals surface area contributed by atoms with Crippen LogP contribution in [0.3, 0.4) is 0 Å². The third kappa shape index (κ3) is 3.86. The molecule has 0 saturated carbocycles. The van der Waals surface area contributed by atoms with Gasteiger partial charge in [-0.2, -0.15) is 9.97 Å². The Balaban J connectivity index is 1.73. The summed E-state index contributed by atoms with van der Waals surface area (Å²) in [5, 5.41) is 0. The molecule has 4 rings (SSSR count). The van der Waals surface area contributed by atoms with E-state index in [9.17, 15) is 4.39 Å². The van der Waals surface area contributed by atoms with E-state index in [0.29, 0.717) is 5.89 Å². The van der Waals surface area contributed by atoms with E-state index in [-0.39, 0.29) is 34.8 Å². The van der Waals surface area contributed by atoms with Crippen LogP contribution in [0.2, 0.25) is 0 Å². The minimum Gasteiger partial charge on any atom is -0.481 e. The molecule has 0 bridgehead atoms. The molecule has 0 spiro atoms. The molecule has 0 amide bonds. The van der Waals surface area contributed by atoms with Gasteiger partial charge in [0.15, 0.2) is 0 Å². The second kappa shape index (κ2) is 7.97. The smallest absolute Gasteiger partial charge is 0.328 e. The van der Waals surface area contributed by atoms with Gasteiger partial charge in [-0.25, -0.2) is 9.37 Å². The number of hydrogen-bond donors (Lipinski definition) is 0. The second-order valence-electron chi connectivity index (χ2n) is 5.85. The SMILES string of the molecule is COc1cc(OC)nc(Oc2cccc(F)c2-c2coc(-c3ccccc3)n2)n1. The van der Waals surface area contributed by atoms with Gasteiger partial charge in [-0.1, -0.05) is 24.3 Å². The summed E-state index contributed by atoms with van der Waals surface area (Å²) in [7, 11) is 2.92. The Bertz CT molecular complexity index is 1110. The van der Waals surface area contributed by atoms with Gasteiger partial charge in [-0.05, 0) is 24.3 Å². The van der Waals surface area contributed by atoms with Crippen LogP contribution in [-0.2, 0) is 0 Å². The third-order valence-corrected chi connectivity index (χ3v) is 4.03. The van der Waals surface area contributed by atoms with Crippen LogP contribution in [0.5, 0.6) is 23.5 Å². The molecule has 0 radical (unpaired) electrons. The summed E-state index contributed by atoms with van der Waals surface area (Å²) >= 11 is 0. The largest absolute Gasteiger partial charge is 0.481 e. The van der Waals surface area contributed by atoms with Gasteiger partial charge < -0.3 is 18.6 Å². The molecule has 0 fully saturated rings. The zero-order chi connectivity index (χ0) is 20.2. The lowest BCUT2D eigenvalue weighted by molar-refractivity contribution is 0.348. The van der Waals surface area contributed by atoms with E-state index >= 15 is 0 Å². The van der Waals surface area contributed by atoms with E-state index in [1.54, 1.807) is 6.07 Å². The molecule has 2 heterocycles. The zero-order valence-electron chi connectivity index (χ0n) is 15.6. The fourth-order valence-electron chi connectivity index (χ4n) is 2.68. The van der Waals surface area contributed by atoms with Gasteiger partial charge in [0.2, 0.25) is 17.7 Å². The van der Waals surface area contributed by atoms with Crippen LogP contribution in [0, 0.1) is 5.82 Å². The van der Waals surface area contributed by atoms with Crippen molar-refractivity contribution < 1.29 is 23.0 Å². The fourth-order valence-corrected chi connectivity index (χ4v) is 2.68. The van der Waals surface area contributed by atoms with Crippen molar-refractivity contribution >= 4 is 0 Å². The molecule has 4 aromatic rings. The molecule has 7 nitrogen and oxygen atoms in total. The molecule has 0 atom stereocenters. The van der Waals surface area contributed by atoms with Crippen molar-refractivity contribution in [2.24, 2.45) is 0 Å². The predicted molar refractivity (Wildman–Crippen MR) is 103 cm³/mol. The number of benzene rings is 2. The normalized spacial score (nSPS) is 10.6. The first-order chi connectivity index (χ1) is 14.2. The number of halogens is 1. The average molecular weight is 393 g/mol. The van der Waals surface area contributed by atoms with Crippen LogP contribution in [0.1, 0.15) is 0 Å². The highest BCUT2D eigenvalue weighted by Gasteiger charge is 2.19. The van der Waals surface area contributed by atoms with Gasteiger partial charge in [0.25, 0.3) is 0 Å². The lowest BCUT2D eigenvalue weighted by Crippen LogP contribution is -1.99. The number of aromatic nitrogens is 3. The summed E-state index contributed by atoms with van der Waals surface area (Å²) in [6.45, 7) is 0. The Morgan fingerprint density at radius 1 is 0.862 bits per heavy atom. The molecule has 0 N–H and O–H groups in total. The van der Waals surface area contributed by atoms with Crippen LogP contribution < -0.4 is 14.2 Å². The number of hydrogen-bond acceptors (Lipinski definition) is 7. The standard InChI is InChI=1S/C21H16FN3O4/c1-26-17-11-18(27-2)25-21(24-17)29-16-10-6-9-14(22)19(16)15-12-28-20(23-15)13-7-4-3-5-8-13/h3-12H,1-2H3. The van der Waals surface area contributed by atoms with Gasteiger partial charge >= 0.3 is 6.01 Å². The van der Waals surface area contributed by atoms with Crippen LogP contribution in [0.4, 0.5) is 4.39 Å². The van der Waals surface area contributed by atoms with Gasteiger partial charge in [0.05, 0.1) is 25.8 Å². The first-order valence-corrected chi connectivity index (χ1v) is 8.62. The molecule has 0 aliphatic heterocycles. The van der Waals surface area contributed by atoms with Crippen molar-refractivity contribution in [1.82, 2.24) is 15.0 Å². The first kappa shape index (κ1) is 18.4. The van der Waals surface area contributed by atoms with E-state index in [1.807, 2.05) is 30.3 Å². The molecule has 8 heteroatoms. The second-order valence-corrected chi connectivity index (χ2v) is 5.85. The Labute approximate surface area is 165 Å². The minimum atomic E-state index is -0.523. The Kier molecular flexibility index (Phi) is 5.07. The zero-order valence-corrected chi connectivity index (χ0v) is 15.6. The topological polar surface area (TPSA) is 79.5 Å². The lowest BCUT2D eigenvalue weighted by Gasteiger charge is -2.10. The molecule has 0 saturated heterocycles. The molecular weight excluding hydrogens is 377 g/mol. The van der Waals surface area contributed by atoms with E-state index in [2.05, 4.69) is 15.0 Å². The Morgan fingerprint density at radius 2 is 1.59 bits per heavy atom. The molecule has 2 aromatic heterocycles. The predicted octanol–water partition coefficient (Wildman–Crippen LogP) is 4.75. The number of methoxy groups -OCH3 is 2. The molecule has 0 unspecified atom stereocenters. The maximum absolute atomic E-state index is 14.7. The van der Waals surface area contributed by atoms with E-state index in [1.165, 1.54) is 38.7 Å². The first-order valence-electron chi connectivity index (χ1n) is 8.62. The molecule has 146 valence electrons. The van der Waals surface area contributed by atoms with Crippen molar-refractivity contribution in [2.45, 2.75) is 0 Å². The van der Waals surface area contributed by atoms with Crippen molar-refractivity contribution in [3.63, 3.8) is 0 Å². The maximum atomic E-state index is 14.7. The van der Waals surface area contributed by atoms with Gasteiger partial charge in [0.1, 0.15) is 23.5 Å². The van der Waals surface area contributed by atoms with Gasteiger partial charge in [-0.15, -0.1) is 0 Å². The summed E-state index contributed by atoms with van der Waals surface area (Å²) in [6, 6.07) is 15.2. The monoisotopic (exact) mass is 393 g/mol. The molecule has 2 aromatic carbocycles. The van der Waals surface area contributed by atoms with Gasteiger partial charge in [0, 0.05) is 5.56 Å². The van der Waals surface area contributed by atoms with E-state index in [4.69, 9.17) is 18.6 Å². The quantitative estimate of drug-likeness (QED) is 0.468.